The highest BCUT2D eigenvalue weighted by Gasteiger charge is 2.53. The number of amides is 9. The van der Waals surface area contributed by atoms with E-state index in [1.165, 1.54) is 0 Å². The largest absolute Gasteiger partial charge is 0.480 e. The number of fused-ring (bicyclic) bond motifs is 6. The van der Waals surface area contributed by atoms with Crippen molar-refractivity contribution < 1.29 is 86.2 Å². The molecule has 3 aliphatic heterocycles. The maximum absolute atomic E-state index is 13.7. The predicted molar refractivity (Wildman–Crippen MR) is 310 cm³/mol. The van der Waals surface area contributed by atoms with Crippen molar-refractivity contribution in [3.05, 3.63) is 113 Å². The van der Waals surface area contributed by atoms with Crippen molar-refractivity contribution in [1.29, 1.82) is 0 Å². The summed E-state index contributed by atoms with van der Waals surface area (Å²) in [5.41, 5.74) is 12.8. The number of carboxylic acid groups (broad SMARTS) is 1. The summed E-state index contributed by atoms with van der Waals surface area (Å²) in [5, 5.41) is 24.3. The molecular formula is C58H69N9O18S. The van der Waals surface area contributed by atoms with Crippen molar-refractivity contribution in [2.75, 3.05) is 81.0 Å². The first-order valence-corrected chi connectivity index (χ1v) is 28.7. The second kappa shape index (κ2) is 30.8. The minimum Gasteiger partial charge on any atom is -0.480 e. The number of rotatable bonds is 31. The van der Waals surface area contributed by atoms with E-state index in [9.17, 15) is 47.9 Å². The third kappa shape index (κ3) is 17.2. The van der Waals surface area contributed by atoms with Gasteiger partial charge in [-0.25, -0.2) is 19.2 Å². The van der Waals surface area contributed by atoms with E-state index in [1.54, 1.807) is 106 Å². The molecule has 86 heavy (non-hydrogen) atoms. The number of carbonyl (C=O) groups is 10. The second-order valence-corrected chi connectivity index (χ2v) is 21.3. The first kappa shape index (κ1) is 64.7. The van der Waals surface area contributed by atoms with E-state index in [0.717, 1.165) is 16.7 Å². The number of aliphatic carboxylic acids is 1. The molecule has 4 aromatic rings. The number of imide groups is 1. The molecule has 460 valence electrons. The molecular weight excluding hydrogens is 1140 g/mol. The molecule has 11 N–H and O–H groups in total. The van der Waals surface area contributed by atoms with Crippen molar-refractivity contribution in [2.24, 2.45) is 17.4 Å². The Morgan fingerprint density at radius 1 is 0.756 bits per heavy atom. The van der Waals surface area contributed by atoms with E-state index < -0.39 is 88.7 Å². The summed E-state index contributed by atoms with van der Waals surface area (Å²) in [6.07, 6.45) is -1.28. The number of likely N-dealkylation sites (tertiary alicyclic amines) is 1. The van der Waals surface area contributed by atoms with E-state index in [1.807, 2.05) is 0 Å². The Morgan fingerprint density at radius 2 is 1.37 bits per heavy atom. The van der Waals surface area contributed by atoms with Crippen LogP contribution in [0.25, 0.3) is 0 Å². The lowest BCUT2D eigenvalue weighted by molar-refractivity contribution is -0.140. The fraction of sp³-hybridized carbons (Fsp3) is 0.414. The third-order valence-corrected chi connectivity index (χ3v) is 14.9. The number of thioether (sulfide) groups is 1. The first-order chi connectivity index (χ1) is 41.3. The number of urea groups is 1. The number of nitrogens with two attached hydrogens (primary N) is 2. The SMILES string of the molecule is CCOC(=O)Nc1ccc2c(c1)Oc1cc(NC(=O)OCc3ccc(NC(=O)[C@H](CCCNC(N)=O)NC(=O)[C@@H](NC(=O)CCOCCOCCOCCN4C(=O)CC(SC[C@H](N)C(=O)O)C4=O)C(C)C)cc3)ccc1C21OC(=O)c2ccccc21. The summed E-state index contributed by atoms with van der Waals surface area (Å²) < 4.78 is 39.6. The molecule has 1 spiro atoms. The van der Waals surface area contributed by atoms with Crippen LogP contribution in [0.1, 0.15) is 79.1 Å². The van der Waals surface area contributed by atoms with E-state index in [0.29, 0.717) is 39.2 Å². The Balaban J connectivity index is 0.846. The monoisotopic (exact) mass is 1210 g/mol. The highest BCUT2D eigenvalue weighted by molar-refractivity contribution is 8.00. The van der Waals surface area contributed by atoms with Crippen LogP contribution < -0.4 is 48.1 Å². The van der Waals surface area contributed by atoms with E-state index in [-0.39, 0.29) is 120 Å². The number of carboxylic acids is 1. The van der Waals surface area contributed by atoms with Gasteiger partial charge in [-0.15, -0.1) is 11.8 Å². The fourth-order valence-electron chi connectivity index (χ4n) is 9.33. The van der Waals surface area contributed by atoms with Gasteiger partial charge in [0.05, 0.1) is 63.6 Å². The number of hydrogen-bond donors (Lipinski definition) is 9. The zero-order valence-corrected chi connectivity index (χ0v) is 48.3. The van der Waals surface area contributed by atoms with Gasteiger partial charge in [0.15, 0.2) is 5.60 Å². The summed E-state index contributed by atoms with van der Waals surface area (Å²) in [7, 11) is 0. The maximum atomic E-state index is 13.7. The molecule has 0 saturated carbocycles. The minimum atomic E-state index is -1.41. The highest BCUT2D eigenvalue weighted by Crippen LogP contribution is 2.56. The Kier molecular flexibility index (Phi) is 23.2. The summed E-state index contributed by atoms with van der Waals surface area (Å²) >= 11 is 1.04. The lowest BCUT2D eigenvalue weighted by atomic mass is 9.77. The molecule has 0 aromatic heterocycles. The highest BCUT2D eigenvalue weighted by atomic mass is 32.2. The number of esters is 1. The Morgan fingerprint density at radius 3 is 2.00 bits per heavy atom. The number of anilines is 3. The molecule has 3 aliphatic rings. The summed E-state index contributed by atoms with van der Waals surface area (Å²) in [5.74, 6) is -4.07. The van der Waals surface area contributed by atoms with Crippen molar-refractivity contribution in [2.45, 2.75) is 82.0 Å². The van der Waals surface area contributed by atoms with Crippen molar-refractivity contribution in [3.63, 3.8) is 0 Å². The molecule has 2 unspecified atom stereocenters. The van der Waals surface area contributed by atoms with Crippen molar-refractivity contribution in [3.8, 4) is 11.5 Å². The third-order valence-electron chi connectivity index (χ3n) is 13.6. The lowest BCUT2D eigenvalue weighted by Crippen LogP contribution is -2.54. The Labute approximate surface area is 498 Å². The van der Waals surface area contributed by atoms with Gasteiger partial charge in [0.2, 0.25) is 29.5 Å². The van der Waals surface area contributed by atoms with Gasteiger partial charge in [-0.2, -0.15) is 0 Å². The first-order valence-electron chi connectivity index (χ1n) is 27.6. The smallest absolute Gasteiger partial charge is 0.411 e. The Bertz CT molecular complexity index is 3150. The number of primary amides is 1. The topological polar surface area (TPSA) is 383 Å². The molecule has 5 atom stereocenters. The average Bonchev–Trinajstić information content (AvgIpc) is 1.44. The van der Waals surface area contributed by atoms with Crippen molar-refractivity contribution >= 4 is 88.5 Å². The van der Waals surface area contributed by atoms with Gasteiger partial charge < -0.3 is 71.0 Å². The van der Waals surface area contributed by atoms with Crippen LogP contribution in [0.2, 0.25) is 0 Å². The molecule has 4 aromatic carbocycles. The van der Waals surface area contributed by atoms with Gasteiger partial charge in [0.25, 0.3) is 0 Å². The van der Waals surface area contributed by atoms with E-state index in [4.69, 9.17) is 49.7 Å². The number of ether oxygens (including phenoxy) is 7. The van der Waals surface area contributed by atoms with Crippen LogP contribution in [-0.4, -0.2) is 158 Å². The van der Waals surface area contributed by atoms with Crippen LogP contribution in [0.5, 0.6) is 11.5 Å². The van der Waals surface area contributed by atoms with Gasteiger partial charge in [-0.3, -0.25) is 44.3 Å². The van der Waals surface area contributed by atoms with Crippen LogP contribution in [0.15, 0.2) is 84.9 Å². The molecule has 7 rings (SSSR count). The lowest BCUT2D eigenvalue weighted by Gasteiger charge is -2.36. The maximum Gasteiger partial charge on any atom is 0.411 e. The quantitative estimate of drug-likeness (QED) is 0.0147. The zero-order valence-electron chi connectivity index (χ0n) is 47.5. The molecule has 9 amide bonds. The van der Waals surface area contributed by atoms with Gasteiger partial charge in [0.1, 0.15) is 36.2 Å². The van der Waals surface area contributed by atoms with E-state index >= 15 is 0 Å². The number of nitrogens with one attached hydrogen (secondary N) is 6. The van der Waals surface area contributed by atoms with Crippen LogP contribution in [0.4, 0.5) is 31.4 Å². The normalized spacial score (nSPS) is 16.5. The Hall–Kier alpha value is -8.83. The van der Waals surface area contributed by atoms with Gasteiger partial charge in [-0.05, 0) is 73.7 Å². The van der Waals surface area contributed by atoms with Gasteiger partial charge in [0, 0.05) is 71.0 Å². The predicted octanol–water partition coefficient (Wildman–Crippen LogP) is 4.30. The van der Waals surface area contributed by atoms with Gasteiger partial charge in [-0.1, -0.05) is 44.2 Å². The standard InChI is InChI=1S/C58H69N9O18S/c1-4-82-56(77)63-36-15-17-40-44(28-36)84-45-29-37(16-18-41(45)58(40)39-9-6-5-8-38(39)54(75)85-58)64-57(78)83-31-34-11-13-35(14-12-34)62-50(70)43(10-7-20-61-55(60)76)65-51(71)49(33(2)3)66-47(68)19-22-79-24-26-81-27-25-80-23-21-67-48(69)30-46(52(67)72)86-32-42(59)53(73)74/h5-6,8-9,11-18,28-29,33,42-43,46,49H,4,7,10,19-27,30-32,59H2,1-3H3,(H,62,70)(H,63,77)(H,64,78)(H,65,71)(H,66,68)(H,73,74)(H3,60,61,76)/t42-,43-,46?,49-,58?/m0/s1. The summed E-state index contributed by atoms with van der Waals surface area (Å²) in [6.45, 7) is 6.04. The number of carbonyl (C=O) groups excluding carboxylic acids is 9. The van der Waals surface area contributed by atoms with Crippen LogP contribution in [0, 0.1) is 5.92 Å². The zero-order chi connectivity index (χ0) is 61.9. The van der Waals surface area contributed by atoms with Crippen LogP contribution in [0.3, 0.4) is 0 Å². The minimum absolute atomic E-state index is 0.000741. The fourth-order valence-corrected chi connectivity index (χ4v) is 10.4. The molecule has 1 fully saturated rings. The second-order valence-electron chi connectivity index (χ2n) is 20.1. The average molecular weight is 1210 g/mol. The van der Waals surface area contributed by atoms with Crippen molar-refractivity contribution in [1.82, 2.24) is 20.9 Å². The van der Waals surface area contributed by atoms with E-state index in [2.05, 4.69) is 31.9 Å². The number of benzene rings is 4. The number of hydrogen-bond acceptors (Lipinski definition) is 19. The molecule has 0 radical (unpaired) electrons. The molecule has 27 nitrogen and oxygen atoms in total. The molecule has 0 aliphatic carbocycles. The molecule has 0 bridgehead atoms. The molecule has 1 saturated heterocycles. The summed E-state index contributed by atoms with van der Waals surface area (Å²) in [6, 6.07) is 19.1. The van der Waals surface area contributed by atoms with Crippen LogP contribution >= 0.6 is 11.8 Å². The van der Waals surface area contributed by atoms with Crippen LogP contribution in [-0.2, 0) is 69.4 Å². The van der Waals surface area contributed by atoms with Gasteiger partial charge >= 0.3 is 30.2 Å². The molecule has 28 heteroatoms. The molecule has 3 heterocycles. The number of nitrogens with zero attached hydrogens (tertiary/aromatic N) is 1. The summed E-state index contributed by atoms with van der Waals surface area (Å²) in [4.78, 5) is 128.